The van der Waals surface area contributed by atoms with Crippen molar-refractivity contribution in [1.82, 2.24) is 0 Å². The number of benzene rings is 2. The molecule has 2 fully saturated rings. The van der Waals surface area contributed by atoms with Gasteiger partial charge in [0.2, 0.25) is 0 Å². The number of anilines is 1. The molecule has 30 heavy (non-hydrogen) atoms. The standard InChI is InChI=1S/C25H29NO4/c27-24(19-30-25-3-1-2-16-29-25)13-6-20-4-7-21(8-5-20)22-9-11-23(12-10-22)26-14-17-28-18-15-26/h4-13,25H,1-3,14-19H2/b13-6+. The van der Waals surface area contributed by atoms with Crippen molar-refractivity contribution < 1.29 is 19.0 Å². The lowest BCUT2D eigenvalue weighted by atomic mass is 10.0. The zero-order valence-electron chi connectivity index (χ0n) is 17.3. The molecular weight excluding hydrogens is 378 g/mol. The molecule has 2 heterocycles. The number of morpholine rings is 1. The van der Waals surface area contributed by atoms with Crippen molar-refractivity contribution in [2.45, 2.75) is 25.6 Å². The third kappa shape index (κ3) is 5.79. The van der Waals surface area contributed by atoms with E-state index in [-0.39, 0.29) is 18.7 Å². The van der Waals surface area contributed by atoms with E-state index in [0.717, 1.165) is 63.3 Å². The average Bonchev–Trinajstić information content (AvgIpc) is 2.83. The van der Waals surface area contributed by atoms with Gasteiger partial charge in [-0.05, 0) is 54.2 Å². The third-order valence-corrected chi connectivity index (χ3v) is 5.50. The molecule has 2 saturated heterocycles. The highest BCUT2D eigenvalue weighted by atomic mass is 16.7. The van der Waals surface area contributed by atoms with Crippen molar-refractivity contribution in [1.29, 1.82) is 0 Å². The van der Waals surface area contributed by atoms with Crippen molar-refractivity contribution in [3.05, 3.63) is 60.2 Å². The lowest BCUT2D eigenvalue weighted by molar-refractivity contribution is -0.167. The maximum atomic E-state index is 12.0. The summed E-state index contributed by atoms with van der Waals surface area (Å²) in [4.78, 5) is 14.4. The molecule has 4 rings (SSSR count). The van der Waals surface area contributed by atoms with Gasteiger partial charge >= 0.3 is 0 Å². The summed E-state index contributed by atoms with van der Waals surface area (Å²) in [5.74, 6) is -0.0491. The van der Waals surface area contributed by atoms with Gasteiger partial charge in [0, 0.05) is 25.4 Å². The number of nitrogens with zero attached hydrogens (tertiary/aromatic N) is 1. The van der Waals surface area contributed by atoms with Crippen LogP contribution in [-0.2, 0) is 19.0 Å². The number of carbonyl (C=O) groups excluding carboxylic acids is 1. The van der Waals surface area contributed by atoms with Crippen LogP contribution in [0.15, 0.2) is 54.6 Å². The van der Waals surface area contributed by atoms with Crippen molar-refractivity contribution in [3.63, 3.8) is 0 Å². The molecule has 5 heteroatoms. The van der Waals surface area contributed by atoms with E-state index in [2.05, 4.69) is 41.3 Å². The minimum absolute atomic E-state index is 0.0491. The number of hydrogen-bond acceptors (Lipinski definition) is 5. The maximum absolute atomic E-state index is 12.0. The Morgan fingerprint density at radius 2 is 1.67 bits per heavy atom. The van der Waals surface area contributed by atoms with Crippen molar-refractivity contribution in [3.8, 4) is 11.1 Å². The first-order valence-electron chi connectivity index (χ1n) is 10.8. The number of hydrogen-bond donors (Lipinski definition) is 0. The quantitative estimate of drug-likeness (QED) is 0.640. The van der Waals surface area contributed by atoms with Gasteiger partial charge in [-0.2, -0.15) is 0 Å². The van der Waals surface area contributed by atoms with Crippen molar-refractivity contribution in [2.75, 3.05) is 44.4 Å². The van der Waals surface area contributed by atoms with Gasteiger partial charge < -0.3 is 19.1 Å². The summed E-state index contributed by atoms with van der Waals surface area (Å²) in [6.07, 6.45) is 6.21. The first-order chi connectivity index (χ1) is 14.8. The Hall–Kier alpha value is -2.47. The molecule has 0 amide bonds. The van der Waals surface area contributed by atoms with Gasteiger partial charge in [0.25, 0.3) is 0 Å². The second kappa shape index (κ2) is 10.5. The van der Waals surface area contributed by atoms with E-state index in [1.54, 1.807) is 6.08 Å². The highest BCUT2D eigenvalue weighted by Gasteiger charge is 2.15. The third-order valence-electron chi connectivity index (χ3n) is 5.50. The molecule has 0 aromatic heterocycles. The molecule has 0 aliphatic carbocycles. The predicted octanol–water partition coefficient (Wildman–Crippen LogP) is 4.32. The summed E-state index contributed by atoms with van der Waals surface area (Å²) in [5, 5.41) is 0. The molecule has 0 spiro atoms. The molecule has 158 valence electrons. The minimum atomic E-state index is -0.231. The van der Waals surface area contributed by atoms with Gasteiger partial charge in [-0.25, -0.2) is 0 Å². The molecule has 5 nitrogen and oxygen atoms in total. The Morgan fingerprint density at radius 1 is 0.967 bits per heavy atom. The summed E-state index contributed by atoms with van der Waals surface area (Å²) in [5.41, 5.74) is 4.57. The van der Waals surface area contributed by atoms with Crippen LogP contribution in [0, 0.1) is 0 Å². The molecular formula is C25H29NO4. The highest BCUT2D eigenvalue weighted by Crippen LogP contribution is 2.24. The first-order valence-corrected chi connectivity index (χ1v) is 10.8. The van der Waals surface area contributed by atoms with E-state index >= 15 is 0 Å². The van der Waals surface area contributed by atoms with Crippen LogP contribution < -0.4 is 4.90 Å². The smallest absolute Gasteiger partial charge is 0.181 e. The number of ether oxygens (including phenoxy) is 3. The van der Waals surface area contributed by atoms with Crippen LogP contribution in [0.5, 0.6) is 0 Å². The Kier molecular flexibility index (Phi) is 7.29. The molecule has 0 bridgehead atoms. The van der Waals surface area contributed by atoms with E-state index in [1.165, 1.54) is 11.3 Å². The van der Waals surface area contributed by atoms with E-state index in [0.29, 0.717) is 0 Å². The van der Waals surface area contributed by atoms with Gasteiger partial charge in [-0.15, -0.1) is 0 Å². The van der Waals surface area contributed by atoms with Gasteiger partial charge in [0.05, 0.1) is 13.2 Å². The Labute approximate surface area is 178 Å². The van der Waals surface area contributed by atoms with E-state index in [9.17, 15) is 4.79 Å². The van der Waals surface area contributed by atoms with E-state index in [1.807, 2.05) is 18.2 Å². The lowest BCUT2D eigenvalue weighted by Gasteiger charge is -2.28. The fourth-order valence-corrected chi connectivity index (χ4v) is 3.73. The van der Waals surface area contributed by atoms with Crippen LogP contribution in [0.2, 0.25) is 0 Å². The van der Waals surface area contributed by atoms with Gasteiger partial charge in [-0.1, -0.05) is 42.5 Å². The predicted molar refractivity (Wildman–Crippen MR) is 118 cm³/mol. The van der Waals surface area contributed by atoms with Gasteiger partial charge in [0.1, 0.15) is 6.61 Å². The van der Waals surface area contributed by atoms with Crippen LogP contribution in [0.1, 0.15) is 24.8 Å². The summed E-state index contributed by atoms with van der Waals surface area (Å²) in [7, 11) is 0. The van der Waals surface area contributed by atoms with Gasteiger partial charge in [0.15, 0.2) is 12.1 Å². The summed E-state index contributed by atoms with van der Waals surface area (Å²) in [6.45, 7) is 4.25. The minimum Gasteiger partial charge on any atom is -0.378 e. The number of rotatable bonds is 7. The molecule has 1 atom stereocenters. The Bertz CT molecular complexity index is 832. The molecule has 0 saturated carbocycles. The SMILES string of the molecule is O=C(/C=C/c1ccc(-c2ccc(N3CCOCC3)cc2)cc1)COC1CCCCO1. The number of carbonyl (C=O) groups is 1. The molecule has 0 radical (unpaired) electrons. The largest absolute Gasteiger partial charge is 0.378 e. The first kappa shape index (κ1) is 20.8. The second-order valence-electron chi connectivity index (χ2n) is 7.68. The molecule has 0 N–H and O–H groups in total. The van der Waals surface area contributed by atoms with Crippen molar-refractivity contribution in [2.24, 2.45) is 0 Å². The summed E-state index contributed by atoms with van der Waals surface area (Å²) < 4.78 is 16.4. The van der Waals surface area contributed by atoms with Crippen LogP contribution in [-0.4, -0.2) is 51.6 Å². The monoisotopic (exact) mass is 407 g/mol. The molecule has 1 unspecified atom stereocenters. The topological polar surface area (TPSA) is 48.0 Å². The molecule has 2 aliphatic heterocycles. The van der Waals surface area contributed by atoms with Crippen molar-refractivity contribution >= 4 is 17.5 Å². The van der Waals surface area contributed by atoms with Crippen LogP contribution in [0.25, 0.3) is 17.2 Å². The van der Waals surface area contributed by atoms with E-state index < -0.39 is 0 Å². The molecule has 2 aromatic rings. The molecule has 2 aliphatic rings. The fourth-order valence-electron chi connectivity index (χ4n) is 3.73. The zero-order valence-corrected chi connectivity index (χ0v) is 17.3. The zero-order chi connectivity index (χ0) is 20.6. The maximum Gasteiger partial charge on any atom is 0.181 e. The Morgan fingerprint density at radius 3 is 2.33 bits per heavy atom. The van der Waals surface area contributed by atoms with Gasteiger partial charge in [-0.3, -0.25) is 4.79 Å². The lowest BCUT2D eigenvalue weighted by Crippen LogP contribution is -2.36. The van der Waals surface area contributed by atoms with Crippen LogP contribution in [0.4, 0.5) is 5.69 Å². The second-order valence-corrected chi connectivity index (χ2v) is 7.68. The summed E-state index contributed by atoms with van der Waals surface area (Å²) >= 11 is 0. The van der Waals surface area contributed by atoms with Crippen LogP contribution >= 0.6 is 0 Å². The average molecular weight is 408 g/mol. The van der Waals surface area contributed by atoms with Crippen LogP contribution in [0.3, 0.4) is 0 Å². The number of ketones is 1. The van der Waals surface area contributed by atoms with E-state index in [4.69, 9.17) is 14.2 Å². The highest BCUT2D eigenvalue weighted by molar-refractivity contribution is 5.94. The summed E-state index contributed by atoms with van der Waals surface area (Å²) in [6, 6.07) is 16.9. The fraction of sp³-hybridized carbons (Fsp3) is 0.400. The molecule has 2 aromatic carbocycles. The normalized spacial score (nSPS) is 19.9. The Balaban J connectivity index is 1.30.